The van der Waals surface area contributed by atoms with Gasteiger partial charge in [0, 0.05) is 18.7 Å². The Morgan fingerprint density at radius 1 is 0.972 bits per heavy atom. The fourth-order valence-electron chi connectivity index (χ4n) is 4.05. The SMILES string of the molecule is CN(C)CCN1C(=O)C(=O)/C(=C(/O)c2ccc(OCc3ccccc3)cc2)C1c1ccc(Cl)c(Cl)c1. The third-order valence-electron chi connectivity index (χ3n) is 5.96. The predicted octanol–water partition coefficient (Wildman–Crippen LogP) is 5.56. The van der Waals surface area contributed by atoms with Crippen LogP contribution in [-0.2, 0) is 16.2 Å². The van der Waals surface area contributed by atoms with Crippen molar-refractivity contribution in [2.45, 2.75) is 12.6 Å². The molecule has 0 radical (unpaired) electrons. The van der Waals surface area contributed by atoms with Crippen LogP contribution >= 0.6 is 23.2 Å². The summed E-state index contributed by atoms with van der Waals surface area (Å²) >= 11 is 12.4. The Labute approximate surface area is 220 Å². The van der Waals surface area contributed by atoms with Crippen molar-refractivity contribution in [1.29, 1.82) is 0 Å². The van der Waals surface area contributed by atoms with E-state index in [-0.39, 0.29) is 11.3 Å². The summed E-state index contributed by atoms with van der Waals surface area (Å²) in [6.45, 7) is 1.24. The molecule has 1 N–H and O–H groups in total. The zero-order valence-electron chi connectivity index (χ0n) is 19.9. The Hall–Kier alpha value is -3.32. The van der Waals surface area contributed by atoms with Crippen LogP contribution < -0.4 is 4.74 Å². The van der Waals surface area contributed by atoms with Crippen LogP contribution in [0.3, 0.4) is 0 Å². The maximum absolute atomic E-state index is 13.1. The summed E-state index contributed by atoms with van der Waals surface area (Å²) in [7, 11) is 3.76. The average Bonchev–Trinajstić information content (AvgIpc) is 3.13. The summed E-state index contributed by atoms with van der Waals surface area (Å²) in [6, 6.07) is 20.7. The number of aliphatic hydroxyl groups excluding tert-OH is 1. The van der Waals surface area contributed by atoms with Gasteiger partial charge in [-0.3, -0.25) is 9.59 Å². The molecule has 186 valence electrons. The number of ketones is 1. The van der Waals surface area contributed by atoms with Crippen molar-refractivity contribution in [3.8, 4) is 5.75 Å². The summed E-state index contributed by atoms with van der Waals surface area (Å²) < 4.78 is 5.82. The van der Waals surface area contributed by atoms with Crippen molar-refractivity contribution in [1.82, 2.24) is 9.80 Å². The highest BCUT2D eigenvalue weighted by Gasteiger charge is 2.46. The second-order valence-electron chi connectivity index (χ2n) is 8.77. The Balaban J connectivity index is 1.67. The van der Waals surface area contributed by atoms with E-state index in [0.29, 0.717) is 46.6 Å². The Morgan fingerprint density at radius 2 is 1.67 bits per heavy atom. The van der Waals surface area contributed by atoms with Gasteiger partial charge in [-0.1, -0.05) is 59.6 Å². The predicted molar refractivity (Wildman–Crippen MR) is 141 cm³/mol. The van der Waals surface area contributed by atoms with Crippen molar-refractivity contribution >= 4 is 40.7 Å². The smallest absolute Gasteiger partial charge is 0.295 e. The lowest BCUT2D eigenvalue weighted by molar-refractivity contribution is -0.140. The fraction of sp³-hybridized carbons (Fsp3) is 0.214. The maximum Gasteiger partial charge on any atom is 0.295 e. The van der Waals surface area contributed by atoms with E-state index in [1.807, 2.05) is 49.3 Å². The molecular formula is C28H26Cl2N2O4. The van der Waals surface area contributed by atoms with Crippen LogP contribution in [0.15, 0.2) is 78.4 Å². The topological polar surface area (TPSA) is 70.1 Å². The molecule has 0 aliphatic carbocycles. The highest BCUT2D eigenvalue weighted by atomic mass is 35.5. The van der Waals surface area contributed by atoms with Gasteiger partial charge in [0.2, 0.25) is 0 Å². The first kappa shape index (κ1) is 25.8. The number of hydrogen-bond donors (Lipinski definition) is 1. The van der Waals surface area contributed by atoms with Crippen molar-refractivity contribution in [2.24, 2.45) is 0 Å². The molecule has 1 aliphatic heterocycles. The number of benzene rings is 3. The lowest BCUT2D eigenvalue weighted by atomic mass is 9.95. The van der Waals surface area contributed by atoms with E-state index in [1.165, 1.54) is 4.90 Å². The molecule has 3 aromatic carbocycles. The molecule has 1 aliphatic rings. The molecule has 4 rings (SSSR count). The highest BCUT2D eigenvalue weighted by molar-refractivity contribution is 6.46. The highest BCUT2D eigenvalue weighted by Crippen LogP contribution is 2.41. The molecule has 1 amide bonds. The largest absolute Gasteiger partial charge is 0.507 e. The number of amides is 1. The van der Waals surface area contributed by atoms with Crippen LogP contribution in [0, 0.1) is 0 Å². The number of likely N-dealkylation sites (N-methyl/N-ethyl adjacent to an activating group) is 1. The van der Waals surface area contributed by atoms with Crippen LogP contribution in [0.1, 0.15) is 22.7 Å². The van der Waals surface area contributed by atoms with E-state index in [4.69, 9.17) is 27.9 Å². The van der Waals surface area contributed by atoms with Crippen LogP contribution in [0.4, 0.5) is 0 Å². The molecule has 1 saturated heterocycles. The van der Waals surface area contributed by atoms with Crippen LogP contribution in [0.2, 0.25) is 10.0 Å². The van der Waals surface area contributed by atoms with Crippen molar-refractivity contribution in [2.75, 3.05) is 27.2 Å². The maximum atomic E-state index is 13.1. The van der Waals surface area contributed by atoms with Gasteiger partial charge in [-0.2, -0.15) is 0 Å². The van der Waals surface area contributed by atoms with E-state index in [9.17, 15) is 14.7 Å². The summed E-state index contributed by atoms with van der Waals surface area (Å²) in [4.78, 5) is 29.5. The number of nitrogens with zero attached hydrogens (tertiary/aromatic N) is 2. The Bertz CT molecular complexity index is 1290. The summed E-state index contributed by atoms with van der Waals surface area (Å²) in [5.74, 6) is -1.06. The first-order valence-electron chi connectivity index (χ1n) is 11.4. The monoisotopic (exact) mass is 524 g/mol. The molecule has 8 heteroatoms. The molecule has 1 unspecified atom stereocenters. The van der Waals surface area contributed by atoms with Crippen molar-refractivity contribution < 1.29 is 19.4 Å². The number of likely N-dealkylation sites (tertiary alicyclic amines) is 1. The van der Waals surface area contributed by atoms with E-state index in [2.05, 4.69) is 0 Å². The number of Topliss-reactive ketones (excluding diaryl/α,β-unsaturated/α-hetero) is 1. The molecule has 3 aromatic rings. The van der Waals surface area contributed by atoms with Gasteiger partial charge in [0.25, 0.3) is 11.7 Å². The summed E-state index contributed by atoms with van der Waals surface area (Å²) in [6.07, 6.45) is 0. The van der Waals surface area contributed by atoms with E-state index in [0.717, 1.165) is 5.56 Å². The number of carbonyl (C=O) groups excluding carboxylic acids is 2. The molecule has 6 nitrogen and oxygen atoms in total. The molecule has 1 heterocycles. The molecule has 0 saturated carbocycles. The third-order valence-corrected chi connectivity index (χ3v) is 6.70. The number of hydrogen-bond acceptors (Lipinski definition) is 5. The van der Waals surface area contributed by atoms with Gasteiger partial charge in [-0.15, -0.1) is 0 Å². The van der Waals surface area contributed by atoms with Gasteiger partial charge in [0.05, 0.1) is 21.7 Å². The first-order valence-corrected chi connectivity index (χ1v) is 12.2. The van der Waals surface area contributed by atoms with E-state index in [1.54, 1.807) is 42.5 Å². The van der Waals surface area contributed by atoms with Crippen molar-refractivity contribution in [3.05, 3.63) is 105 Å². The summed E-state index contributed by atoms with van der Waals surface area (Å²) in [5, 5.41) is 11.9. The van der Waals surface area contributed by atoms with E-state index >= 15 is 0 Å². The Morgan fingerprint density at radius 3 is 2.31 bits per heavy atom. The third kappa shape index (κ3) is 5.57. The molecular weight excluding hydrogens is 499 g/mol. The van der Waals surface area contributed by atoms with E-state index < -0.39 is 17.7 Å². The van der Waals surface area contributed by atoms with Gasteiger partial charge in [0.1, 0.15) is 18.1 Å². The molecule has 1 fully saturated rings. The van der Waals surface area contributed by atoms with Crippen molar-refractivity contribution in [3.63, 3.8) is 0 Å². The molecule has 0 bridgehead atoms. The number of rotatable bonds is 8. The number of halogens is 2. The molecule has 36 heavy (non-hydrogen) atoms. The second kappa shape index (κ2) is 11.2. The summed E-state index contributed by atoms with van der Waals surface area (Å²) in [5.41, 5.74) is 2.03. The quantitative estimate of drug-likeness (QED) is 0.237. The number of aliphatic hydroxyl groups is 1. The molecule has 0 spiro atoms. The minimum Gasteiger partial charge on any atom is -0.507 e. The van der Waals surface area contributed by atoms with Gasteiger partial charge in [0.15, 0.2) is 0 Å². The Kier molecular flexibility index (Phi) is 7.99. The molecule has 1 atom stereocenters. The average molecular weight is 525 g/mol. The second-order valence-corrected chi connectivity index (χ2v) is 9.58. The number of carbonyl (C=O) groups is 2. The van der Waals surface area contributed by atoms with Crippen LogP contribution in [0.5, 0.6) is 5.75 Å². The normalized spacial score (nSPS) is 17.1. The minimum atomic E-state index is -0.797. The molecule has 0 aromatic heterocycles. The van der Waals surface area contributed by atoms with Gasteiger partial charge < -0.3 is 19.6 Å². The number of ether oxygens (including phenoxy) is 1. The first-order chi connectivity index (χ1) is 17.3. The standard InChI is InChI=1S/C28H26Cl2N2O4/c1-31(2)14-15-32-25(20-10-13-22(29)23(30)16-20)24(27(34)28(32)35)26(33)19-8-11-21(12-9-19)36-17-18-6-4-3-5-7-18/h3-13,16,25,33H,14-15,17H2,1-2H3/b26-24+. The zero-order valence-corrected chi connectivity index (χ0v) is 21.5. The minimum absolute atomic E-state index is 0.00935. The lowest BCUT2D eigenvalue weighted by Crippen LogP contribution is -2.35. The van der Waals surface area contributed by atoms with Crippen LogP contribution in [-0.4, -0.2) is 53.8 Å². The van der Waals surface area contributed by atoms with Gasteiger partial charge >= 0.3 is 0 Å². The zero-order chi connectivity index (χ0) is 25.8. The fourth-order valence-corrected chi connectivity index (χ4v) is 4.36. The van der Waals surface area contributed by atoms with Gasteiger partial charge in [-0.05, 0) is 61.6 Å². The lowest BCUT2D eigenvalue weighted by Gasteiger charge is -2.26. The van der Waals surface area contributed by atoms with Gasteiger partial charge in [-0.25, -0.2) is 0 Å². The van der Waals surface area contributed by atoms with Crippen LogP contribution in [0.25, 0.3) is 5.76 Å².